The maximum Gasteiger partial charge on any atom is 0.212 e. The molecule has 6 nitrogen and oxygen atoms in total. The van der Waals surface area contributed by atoms with E-state index in [1.54, 1.807) is 13.1 Å². The molecule has 0 spiro atoms. The lowest BCUT2D eigenvalue weighted by molar-refractivity contribution is 0.292. The molecule has 2 aromatic rings. The molecule has 2 rings (SSSR count). The molecule has 1 heterocycles. The molecule has 0 saturated carbocycles. The number of nitrogens with two attached hydrogens (primary N) is 1. The quantitative estimate of drug-likeness (QED) is 0.872. The Hall–Kier alpha value is -1.66. The van der Waals surface area contributed by atoms with Crippen LogP contribution in [0.4, 0.5) is 0 Å². The zero-order valence-corrected chi connectivity index (χ0v) is 10.8. The molecule has 2 N–H and O–H groups in total. The SMILES string of the molecule is Cn1nnc(COc2ccc(Cl)cc2CCN)n1. The number of rotatable bonds is 5. The van der Waals surface area contributed by atoms with Crippen LogP contribution in [0.1, 0.15) is 11.4 Å². The maximum absolute atomic E-state index is 5.94. The smallest absolute Gasteiger partial charge is 0.212 e. The first-order valence-electron chi connectivity index (χ1n) is 5.53. The highest BCUT2D eigenvalue weighted by molar-refractivity contribution is 6.30. The largest absolute Gasteiger partial charge is 0.485 e. The van der Waals surface area contributed by atoms with Crippen LogP contribution in [0, 0.1) is 0 Å². The van der Waals surface area contributed by atoms with Crippen molar-refractivity contribution in [3.8, 4) is 5.75 Å². The summed E-state index contributed by atoms with van der Waals surface area (Å²) in [4.78, 5) is 1.39. The van der Waals surface area contributed by atoms with Crippen LogP contribution < -0.4 is 10.5 Å². The molecule has 0 radical (unpaired) electrons. The van der Waals surface area contributed by atoms with Crippen molar-refractivity contribution in [1.29, 1.82) is 0 Å². The van der Waals surface area contributed by atoms with Gasteiger partial charge in [-0.15, -0.1) is 10.2 Å². The van der Waals surface area contributed by atoms with Gasteiger partial charge in [0.25, 0.3) is 0 Å². The van der Waals surface area contributed by atoms with Crippen LogP contribution in [-0.2, 0) is 20.1 Å². The molecule has 1 aromatic heterocycles. The van der Waals surface area contributed by atoms with Crippen molar-refractivity contribution in [3.05, 3.63) is 34.6 Å². The van der Waals surface area contributed by atoms with Crippen LogP contribution in [0.2, 0.25) is 5.02 Å². The Bertz CT molecular complexity index is 528. The predicted octanol–water partition coefficient (Wildman–Crippen LogP) is 0.944. The monoisotopic (exact) mass is 267 g/mol. The summed E-state index contributed by atoms with van der Waals surface area (Å²) in [6.45, 7) is 0.813. The van der Waals surface area contributed by atoms with Gasteiger partial charge in [0.1, 0.15) is 5.75 Å². The first-order chi connectivity index (χ1) is 8.69. The van der Waals surface area contributed by atoms with E-state index in [9.17, 15) is 0 Å². The maximum atomic E-state index is 5.94. The van der Waals surface area contributed by atoms with E-state index in [-0.39, 0.29) is 6.61 Å². The fourth-order valence-corrected chi connectivity index (χ4v) is 1.76. The summed E-state index contributed by atoms with van der Waals surface area (Å²) in [6, 6.07) is 5.46. The number of hydrogen-bond acceptors (Lipinski definition) is 5. The lowest BCUT2D eigenvalue weighted by Gasteiger charge is -2.09. The Morgan fingerprint density at radius 3 is 2.94 bits per heavy atom. The number of hydrogen-bond donors (Lipinski definition) is 1. The average molecular weight is 268 g/mol. The first-order valence-corrected chi connectivity index (χ1v) is 5.91. The van der Waals surface area contributed by atoms with Crippen LogP contribution in [0.15, 0.2) is 18.2 Å². The Kier molecular flexibility index (Phi) is 4.11. The molecule has 96 valence electrons. The van der Waals surface area contributed by atoms with E-state index in [1.807, 2.05) is 12.1 Å². The molecule has 18 heavy (non-hydrogen) atoms. The number of nitrogens with zero attached hydrogens (tertiary/aromatic N) is 4. The summed E-state index contributed by atoms with van der Waals surface area (Å²) in [5.41, 5.74) is 6.53. The van der Waals surface area contributed by atoms with E-state index >= 15 is 0 Å². The highest BCUT2D eigenvalue weighted by Gasteiger charge is 2.07. The Balaban J connectivity index is 2.08. The summed E-state index contributed by atoms with van der Waals surface area (Å²) in [5, 5.41) is 12.3. The van der Waals surface area contributed by atoms with Gasteiger partial charge in [0.2, 0.25) is 5.82 Å². The lowest BCUT2D eigenvalue weighted by Crippen LogP contribution is -2.06. The van der Waals surface area contributed by atoms with Gasteiger partial charge >= 0.3 is 0 Å². The number of ether oxygens (including phenoxy) is 1. The highest BCUT2D eigenvalue weighted by Crippen LogP contribution is 2.23. The third kappa shape index (κ3) is 3.18. The minimum atomic E-state index is 0.271. The third-order valence-electron chi connectivity index (χ3n) is 2.34. The van der Waals surface area contributed by atoms with Crippen molar-refractivity contribution in [1.82, 2.24) is 20.2 Å². The van der Waals surface area contributed by atoms with Crippen molar-refractivity contribution in [2.24, 2.45) is 12.8 Å². The molecule has 0 aliphatic carbocycles. The average Bonchev–Trinajstić information content (AvgIpc) is 2.75. The highest BCUT2D eigenvalue weighted by atomic mass is 35.5. The van der Waals surface area contributed by atoms with Crippen LogP contribution in [-0.4, -0.2) is 26.8 Å². The molecule has 0 aliphatic heterocycles. The molecule has 7 heteroatoms. The normalized spacial score (nSPS) is 10.6. The van der Waals surface area contributed by atoms with Gasteiger partial charge in [0.15, 0.2) is 6.61 Å². The molecule has 0 saturated heterocycles. The van der Waals surface area contributed by atoms with Gasteiger partial charge in [0.05, 0.1) is 7.05 Å². The Morgan fingerprint density at radius 2 is 2.28 bits per heavy atom. The number of tetrazole rings is 1. The van der Waals surface area contributed by atoms with Gasteiger partial charge in [-0.3, -0.25) is 0 Å². The fraction of sp³-hybridized carbons (Fsp3) is 0.364. The standard InChI is InChI=1S/C11H14ClN5O/c1-17-15-11(14-16-17)7-18-10-3-2-9(12)6-8(10)4-5-13/h2-3,6H,4-5,7,13H2,1H3. The van der Waals surface area contributed by atoms with E-state index in [1.165, 1.54) is 4.80 Å². The van der Waals surface area contributed by atoms with Gasteiger partial charge < -0.3 is 10.5 Å². The molecular weight excluding hydrogens is 254 g/mol. The molecular formula is C11H14ClN5O. The van der Waals surface area contributed by atoms with Gasteiger partial charge in [-0.2, -0.15) is 4.80 Å². The number of aryl methyl sites for hydroxylation is 1. The van der Waals surface area contributed by atoms with E-state index in [0.29, 0.717) is 23.8 Å². The second-order valence-electron chi connectivity index (χ2n) is 3.77. The van der Waals surface area contributed by atoms with Gasteiger partial charge in [-0.25, -0.2) is 0 Å². The Morgan fingerprint density at radius 1 is 1.44 bits per heavy atom. The summed E-state index contributed by atoms with van der Waals surface area (Å²) in [6.07, 6.45) is 0.712. The summed E-state index contributed by atoms with van der Waals surface area (Å²) < 4.78 is 5.65. The van der Waals surface area contributed by atoms with Crippen molar-refractivity contribution in [2.75, 3.05) is 6.54 Å². The summed E-state index contributed by atoms with van der Waals surface area (Å²) >= 11 is 5.94. The predicted molar refractivity (Wildman–Crippen MR) is 67.3 cm³/mol. The van der Waals surface area contributed by atoms with Crippen LogP contribution in [0.3, 0.4) is 0 Å². The van der Waals surface area contributed by atoms with E-state index in [2.05, 4.69) is 15.4 Å². The molecule has 0 aliphatic rings. The summed E-state index contributed by atoms with van der Waals surface area (Å²) in [7, 11) is 1.71. The molecule has 0 unspecified atom stereocenters. The topological polar surface area (TPSA) is 78.8 Å². The third-order valence-corrected chi connectivity index (χ3v) is 2.58. The molecule has 0 amide bonds. The van der Waals surface area contributed by atoms with E-state index in [4.69, 9.17) is 22.1 Å². The fourth-order valence-electron chi connectivity index (χ4n) is 1.56. The van der Waals surface area contributed by atoms with Crippen molar-refractivity contribution < 1.29 is 4.74 Å². The minimum Gasteiger partial charge on any atom is -0.485 e. The molecule has 1 aromatic carbocycles. The van der Waals surface area contributed by atoms with E-state index < -0.39 is 0 Å². The van der Waals surface area contributed by atoms with Crippen molar-refractivity contribution in [3.63, 3.8) is 0 Å². The van der Waals surface area contributed by atoms with Crippen LogP contribution in [0.5, 0.6) is 5.75 Å². The first kappa shape index (κ1) is 12.8. The second kappa shape index (κ2) is 5.79. The zero-order valence-electron chi connectivity index (χ0n) is 10.0. The second-order valence-corrected chi connectivity index (χ2v) is 4.21. The van der Waals surface area contributed by atoms with Gasteiger partial charge in [-0.1, -0.05) is 11.6 Å². The zero-order chi connectivity index (χ0) is 13.0. The molecule has 0 bridgehead atoms. The summed E-state index contributed by atoms with van der Waals surface area (Å²) in [5.74, 6) is 1.28. The minimum absolute atomic E-state index is 0.271. The van der Waals surface area contributed by atoms with Gasteiger partial charge in [0, 0.05) is 5.02 Å². The number of benzene rings is 1. The number of aromatic nitrogens is 4. The van der Waals surface area contributed by atoms with Crippen molar-refractivity contribution in [2.45, 2.75) is 13.0 Å². The van der Waals surface area contributed by atoms with Crippen LogP contribution in [0.25, 0.3) is 0 Å². The Labute approximate surface area is 110 Å². The van der Waals surface area contributed by atoms with Gasteiger partial charge in [-0.05, 0) is 41.9 Å². The molecule has 0 atom stereocenters. The van der Waals surface area contributed by atoms with Crippen molar-refractivity contribution >= 4 is 11.6 Å². The van der Waals surface area contributed by atoms with Crippen LogP contribution >= 0.6 is 11.6 Å². The number of halogens is 1. The lowest BCUT2D eigenvalue weighted by atomic mass is 10.1. The molecule has 0 fully saturated rings. The van der Waals surface area contributed by atoms with E-state index in [0.717, 1.165) is 11.3 Å².